The van der Waals surface area contributed by atoms with Crippen LogP contribution in [0.25, 0.3) is 5.65 Å². The third-order valence-electron chi connectivity index (χ3n) is 3.40. The minimum absolute atomic E-state index is 0.0324. The van der Waals surface area contributed by atoms with Gasteiger partial charge < -0.3 is 9.84 Å². The van der Waals surface area contributed by atoms with Crippen molar-refractivity contribution in [3.8, 4) is 5.75 Å². The first kappa shape index (κ1) is 17.3. The van der Waals surface area contributed by atoms with Gasteiger partial charge in [0.15, 0.2) is 5.60 Å². The smallest absolute Gasteiger partial charge is 0.421 e. The van der Waals surface area contributed by atoms with Crippen molar-refractivity contribution in [2.24, 2.45) is 5.92 Å². The number of imidazole rings is 1. The highest BCUT2D eigenvalue weighted by Crippen LogP contribution is 2.46. The first-order valence-corrected chi connectivity index (χ1v) is 7.68. The van der Waals surface area contributed by atoms with Crippen LogP contribution in [0.2, 0.25) is 0 Å². The van der Waals surface area contributed by atoms with Gasteiger partial charge in [0.1, 0.15) is 15.1 Å². The molecule has 0 bridgehead atoms. The van der Waals surface area contributed by atoms with Crippen LogP contribution >= 0.6 is 22.6 Å². The number of hydrogen-bond donors (Lipinski definition) is 1. The largest absolute Gasteiger partial charge is 0.496 e. The topological polar surface area (TPSA) is 46.8 Å². The second-order valence-electron chi connectivity index (χ2n) is 5.52. The SMILES string of the molecule is COc1cc2ncc(I)n2cc1C(O)(CC(C)C)C(F)(F)F. The summed E-state index contributed by atoms with van der Waals surface area (Å²) in [4.78, 5) is 4.09. The number of pyridine rings is 1. The van der Waals surface area contributed by atoms with Gasteiger partial charge in [0, 0.05) is 12.3 Å². The Bertz CT molecular complexity index is 685. The summed E-state index contributed by atoms with van der Waals surface area (Å²) < 4.78 is 47.9. The van der Waals surface area contributed by atoms with E-state index in [2.05, 4.69) is 4.98 Å². The van der Waals surface area contributed by atoms with Crippen molar-refractivity contribution in [1.29, 1.82) is 0 Å². The summed E-state index contributed by atoms with van der Waals surface area (Å²) in [6, 6.07) is 1.40. The molecule has 4 nitrogen and oxygen atoms in total. The quantitative estimate of drug-likeness (QED) is 0.756. The van der Waals surface area contributed by atoms with Crippen LogP contribution in [0.5, 0.6) is 5.75 Å². The fourth-order valence-electron chi connectivity index (χ4n) is 2.42. The molecule has 2 heterocycles. The molecule has 0 aliphatic carbocycles. The van der Waals surface area contributed by atoms with Gasteiger partial charge in [-0.05, 0) is 34.9 Å². The molecule has 22 heavy (non-hydrogen) atoms. The molecule has 8 heteroatoms. The fraction of sp³-hybridized carbons (Fsp3) is 0.500. The Morgan fingerprint density at radius 1 is 1.41 bits per heavy atom. The maximum absolute atomic E-state index is 13.6. The summed E-state index contributed by atoms with van der Waals surface area (Å²) in [5.74, 6) is -0.385. The van der Waals surface area contributed by atoms with Crippen LogP contribution in [0, 0.1) is 9.62 Å². The Morgan fingerprint density at radius 2 is 2.05 bits per heavy atom. The number of aliphatic hydroxyl groups is 1. The number of aromatic nitrogens is 2. The molecule has 1 unspecified atom stereocenters. The predicted molar refractivity (Wildman–Crippen MR) is 83.9 cm³/mol. The lowest BCUT2D eigenvalue weighted by Gasteiger charge is -2.33. The maximum atomic E-state index is 13.6. The van der Waals surface area contributed by atoms with E-state index in [1.54, 1.807) is 13.8 Å². The van der Waals surface area contributed by atoms with Crippen molar-refractivity contribution in [3.63, 3.8) is 0 Å². The van der Waals surface area contributed by atoms with E-state index in [0.29, 0.717) is 9.35 Å². The fourth-order valence-corrected chi connectivity index (χ4v) is 2.95. The zero-order valence-electron chi connectivity index (χ0n) is 12.3. The van der Waals surface area contributed by atoms with E-state index in [1.165, 1.54) is 30.0 Å². The molecule has 0 radical (unpaired) electrons. The molecule has 0 aliphatic rings. The molecule has 0 aliphatic heterocycles. The van der Waals surface area contributed by atoms with Gasteiger partial charge in [-0.2, -0.15) is 13.2 Å². The van der Waals surface area contributed by atoms with Crippen LogP contribution in [-0.4, -0.2) is 27.8 Å². The van der Waals surface area contributed by atoms with Gasteiger partial charge >= 0.3 is 6.18 Å². The van der Waals surface area contributed by atoms with Gasteiger partial charge in [0.25, 0.3) is 0 Å². The minimum Gasteiger partial charge on any atom is -0.496 e. The number of nitrogens with zero attached hydrogens (tertiary/aromatic N) is 2. The second kappa shape index (κ2) is 5.88. The number of rotatable bonds is 4. The van der Waals surface area contributed by atoms with E-state index in [-0.39, 0.29) is 17.2 Å². The molecule has 0 aromatic carbocycles. The van der Waals surface area contributed by atoms with Crippen molar-refractivity contribution in [1.82, 2.24) is 9.38 Å². The Morgan fingerprint density at radius 3 is 2.55 bits per heavy atom. The molecule has 1 atom stereocenters. The van der Waals surface area contributed by atoms with E-state index in [0.717, 1.165) is 0 Å². The highest BCUT2D eigenvalue weighted by molar-refractivity contribution is 14.1. The maximum Gasteiger partial charge on any atom is 0.421 e. The summed E-state index contributed by atoms with van der Waals surface area (Å²) in [7, 11) is 1.27. The van der Waals surface area contributed by atoms with Gasteiger partial charge in [-0.25, -0.2) is 4.98 Å². The lowest BCUT2D eigenvalue weighted by atomic mass is 9.85. The van der Waals surface area contributed by atoms with E-state index in [4.69, 9.17) is 4.74 Å². The van der Waals surface area contributed by atoms with Crippen molar-refractivity contribution in [2.75, 3.05) is 7.11 Å². The molecule has 2 rings (SSSR count). The molecule has 122 valence electrons. The number of hydrogen-bond acceptors (Lipinski definition) is 3. The monoisotopic (exact) mass is 428 g/mol. The molecule has 0 fully saturated rings. The van der Waals surface area contributed by atoms with Gasteiger partial charge in [-0.15, -0.1) is 0 Å². The summed E-state index contributed by atoms with van der Waals surface area (Å²) in [6.45, 7) is 3.26. The lowest BCUT2D eigenvalue weighted by molar-refractivity contribution is -0.272. The van der Waals surface area contributed by atoms with Crippen LogP contribution in [0.3, 0.4) is 0 Å². The highest BCUT2D eigenvalue weighted by atomic mass is 127. The van der Waals surface area contributed by atoms with Crippen LogP contribution in [0.4, 0.5) is 13.2 Å². The molecule has 2 aromatic rings. The number of halogens is 4. The molecule has 0 amide bonds. The van der Waals surface area contributed by atoms with E-state index < -0.39 is 18.2 Å². The summed E-state index contributed by atoms with van der Waals surface area (Å²) in [5, 5.41) is 10.4. The predicted octanol–water partition coefficient (Wildman–Crippen LogP) is 3.74. The Kier molecular flexibility index (Phi) is 4.63. The molecule has 0 saturated carbocycles. The molecule has 1 N–H and O–H groups in total. The normalized spacial score (nSPS) is 15.3. The van der Waals surface area contributed by atoms with Crippen molar-refractivity contribution < 1.29 is 23.0 Å². The van der Waals surface area contributed by atoms with Crippen LogP contribution < -0.4 is 4.74 Å². The van der Waals surface area contributed by atoms with Gasteiger partial charge in [-0.1, -0.05) is 13.8 Å². The van der Waals surface area contributed by atoms with Crippen molar-refractivity contribution in [2.45, 2.75) is 32.0 Å². The average molecular weight is 428 g/mol. The molecular formula is C14H16F3IN2O2. The zero-order valence-corrected chi connectivity index (χ0v) is 14.4. The summed E-state index contributed by atoms with van der Waals surface area (Å²) >= 11 is 1.97. The van der Waals surface area contributed by atoms with Gasteiger partial charge in [0.2, 0.25) is 0 Å². The van der Waals surface area contributed by atoms with Gasteiger partial charge in [-0.3, -0.25) is 4.40 Å². The Hall–Kier alpha value is -1.03. The number of methoxy groups -OCH3 is 1. The minimum atomic E-state index is -4.82. The number of alkyl halides is 3. The third kappa shape index (κ3) is 2.90. The second-order valence-corrected chi connectivity index (χ2v) is 6.63. The molecule has 0 saturated heterocycles. The zero-order chi connectivity index (χ0) is 16.7. The van der Waals surface area contributed by atoms with E-state index in [1.807, 2.05) is 22.6 Å². The molecule has 0 spiro atoms. The van der Waals surface area contributed by atoms with E-state index >= 15 is 0 Å². The third-order valence-corrected chi connectivity index (χ3v) is 4.20. The van der Waals surface area contributed by atoms with Crippen molar-refractivity contribution in [3.05, 3.63) is 27.7 Å². The Balaban J connectivity index is 2.74. The van der Waals surface area contributed by atoms with Crippen LogP contribution in [-0.2, 0) is 5.60 Å². The summed E-state index contributed by atoms with van der Waals surface area (Å²) in [5.41, 5.74) is -2.83. The Labute approximate surface area is 139 Å². The van der Waals surface area contributed by atoms with Crippen LogP contribution in [0.1, 0.15) is 25.8 Å². The standard InChI is InChI=1S/C14H16F3IN2O2/c1-8(2)5-13(21,14(15,16)17)9-7-20-11(18)6-19-12(20)4-10(9)22-3/h4,6-8,21H,5H2,1-3H3. The first-order chi connectivity index (χ1) is 10.1. The van der Waals surface area contributed by atoms with Crippen molar-refractivity contribution >= 4 is 28.2 Å². The molecular weight excluding hydrogens is 412 g/mol. The summed E-state index contributed by atoms with van der Waals surface area (Å²) in [6.07, 6.45) is -2.49. The highest BCUT2D eigenvalue weighted by Gasteiger charge is 2.56. The van der Waals surface area contributed by atoms with Gasteiger partial charge in [0.05, 0.1) is 18.9 Å². The van der Waals surface area contributed by atoms with Crippen LogP contribution in [0.15, 0.2) is 18.5 Å². The lowest BCUT2D eigenvalue weighted by Crippen LogP contribution is -2.43. The average Bonchev–Trinajstić information content (AvgIpc) is 2.76. The molecule has 2 aromatic heterocycles. The van der Waals surface area contributed by atoms with E-state index in [9.17, 15) is 18.3 Å². The number of fused-ring (bicyclic) bond motifs is 1. The first-order valence-electron chi connectivity index (χ1n) is 6.60. The number of ether oxygens (including phenoxy) is 1.